The normalized spacial score (nSPS) is 17.0. The molecule has 0 saturated carbocycles. The fraction of sp³-hybridized carbons (Fsp3) is 0.500. The van der Waals surface area contributed by atoms with Gasteiger partial charge in [-0.05, 0) is 25.8 Å². The van der Waals surface area contributed by atoms with Gasteiger partial charge in [0.2, 0.25) is 0 Å². The molecular formula is C16H21N5O3. The van der Waals surface area contributed by atoms with Crippen LogP contribution in [-0.2, 0) is 20.0 Å². The highest BCUT2D eigenvalue weighted by Gasteiger charge is 2.23. The van der Waals surface area contributed by atoms with Gasteiger partial charge in [0.15, 0.2) is 0 Å². The molecule has 8 heteroatoms. The van der Waals surface area contributed by atoms with Gasteiger partial charge in [-0.3, -0.25) is 14.3 Å². The Morgan fingerprint density at radius 1 is 1.42 bits per heavy atom. The van der Waals surface area contributed by atoms with Gasteiger partial charge in [-0.1, -0.05) is 0 Å². The molecule has 0 aromatic carbocycles. The lowest BCUT2D eigenvalue weighted by Crippen LogP contribution is -2.36. The molecule has 0 saturated heterocycles. The third-order valence-electron chi connectivity index (χ3n) is 4.31. The number of rotatable bonds is 3. The highest BCUT2D eigenvalue weighted by molar-refractivity contribution is 5.97. The fourth-order valence-electron chi connectivity index (χ4n) is 2.99. The van der Waals surface area contributed by atoms with Crippen molar-refractivity contribution >= 4 is 5.91 Å². The van der Waals surface area contributed by atoms with Crippen molar-refractivity contribution in [2.45, 2.75) is 38.8 Å². The molecule has 0 bridgehead atoms. The number of hydrogen-bond donors (Lipinski definition) is 1. The lowest BCUT2D eigenvalue weighted by atomic mass is 10.1. The summed E-state index contributed by atoms with van der Waals surface area (Å²) in [5, 5.41) is 7.29. The summed E-state index contributed by atoms with van der Waals surface area (Å²) in [7, 11) is 3.17. The number of nitrogens with zero attached hydrogens (tertiary/aromatic N) is 4. The standard InChI is InChI=1S/C16H21N5O3/c1-10-8-12(13(24-3)9-17-10)15(22)18-11-4-5-14-19-20(2)16(23)21(14)7-6-11/h8-9,11H,4-7H2,1-3H3,(H,18,22). The summed E-state index contributed by atoms with van der Waals surface area (Å²) in [5.41, 5.74) is 1.12. The number of fused-ring (bicyclic) bond motifs is 1. The van der Waals surface area contributed by atoms with Crippen LogP contribution in [0.15, 0.2) is 17.1 Å². The van der Waals surface area contributed by atoms with E-state index in [4.69, 9.17) is 4.74 Å². The highest BCUT2D eigenvalue weighted by Crippen LogP contribution is 2.19. The molecular weight excluding hydrogens is 310 g/mol. The molecule has 2 aromatic rings. The molecule has 3 rings (SSSR count). The number of amides is 1. The predicted octanol–water partition coefficient (Wildman–Crippen LogP) is 0.429. The average Bonchev–Trinajstić information content (AvgIpc) is 2.72. The van der Waals surface area contributed by atoms with Crippen LogP contribution in [0.5, 0.6) is 5.75 Å². The maximum absolute atomic E-state index is 12.6. The molecule has 1 unspecified atom stereocenters. The molecule has 1 N–H and O–H groups in total. The van der Waals surface area contributed by atoms with Gasteiger partial charge in [0, 0.05) is 31.7 Å². The third kappa shape index (κ3) is 3.04. The number of ether oxygens (including phenoxy) is 1. The van der Waals surface area contributed by atoms with Crippen LogP contribution in [0.3, 0.4) is 0 Å². The maximum Gasteiger partial charge on any atom is 0.345 e. The Morgan fingerprint density at radius 3 is 2.96 bits per heavy atom. The number of carbonyl (C=O) groups excluding carboxylic acids is 1. The van der Waals surface area contributed by atoms with Gasteiger partial charge in [-0.15, -0.1) is 0 Å². The van der Waals surface area contributed by atoms with Gasteiger partial charge < -0.3 is 10.1 Å². The van der Waals surface area contributed by atoms with Crippen molar-refractivity contribution in [1.29, 1.82) is 0 Å². The number of methoxy groups -OCH3 is 1. The lowest BCUT2D eigenvalue weighted by molar-refractivity contribution is 0.0929. The molecule has 0 radical (unpaired) electrons. The van der Waals surface area contributed by atoms with E-state index in [1.165, 1.54) is 11.8 Å². The Balaban J connectivity index is 1.72. The number of carbonyl (C=O) groups is 1. The molecule has 1 atom stereocenters. The molecule has 0 spiro atoms. The minimum absolute atomic E-state index is 0.0120. The van der Waals surface area contributed by atoms with Crippen LogP contribution in [0.1, 0.15) is 34.7 Å². The van der Waals surface area contributed by atoms with Gasteiger partial charge in [0.1, 0.15) is 11.6 Å². The summed E-state index contributed by atoms with van der Waals surface area (Å²) in [6.45, 7) is 2.38. The SMILES string of the molecule is COc1cnc(C)cc1C(=O)NC1CCc2nn(C)c(=O)n2CC1. The fourth-order valence-corrected chi connectivity index (χ4v) is 2.99. The topological polar surface area (TPSA) is 91.0 Å². The molecule has 1 aliphatic rings. The first-order chi connectivity index (χ1) is 11.5. The van der Waals surface area contributed by atoms with E-state index < -0.39 is 0 Å². The monoisotopic (exact) mass is 331 g/mol. The summed E-state index contributed by atoms with van der Waals surface area (Å²) in [5.74, 6) is 1.04. The van der Waals surface area contributed by atoms with E-state index in [2.05, 4.69) is 15.4 Å². The number of nitrogens with one attached hydrogen (secondary N) is 1. The van der Waals surface area contributed by atoms with E-state index in [0.717, 1.165) is 17.9 Å². The minimum atomic E-state index is -0.185. The summed E-state index contributed by atoms with van der Waals surface area (Å²) in [6.07, 6.45) is 3.65. The molecule has 8 nitrogen and oxygen atoms in total. The van der Waals surface area contributed by atoms with Crippen LogP contribution >= 0.6 is 0 Å². The minimum Gasteiger partial charge on any atom is -0.494 e. The molecule has 0 aliphatic carbocycles. The largest absolute Gasteiger partial charge is 0.494 e. The van der Waals surface area contributed by atoms with Crippen LogP contribution in [0.25, 0.3) is 0 Å². The number of pyridine rings is 1. The van der Waals surface area contributed by atoms with Crippen LogP contribution in [0, 0.1) is 6.92 Å². The van der Waals surface area contributed by atoms with Crippen molar-refractivity contribution in [2.75, 3.05) is 7.11 Å². The van der Waals surface area contributed by atoms with Crippen molar-refractivity contribution < 1.29 is 9.53 Å². The van der Waals surface area contributed by atoms with Gasteiger partial charge in [-0.25, -0.2) is 9.48 Å². The van der Waals surface area contributed by atoms with Gasteiger partial charge in [0.25, 0.3) is 5.91 Å². The van der Waals surface area contributed by atoms with E-state index in [-0.39, 0.29) is 17.6 Å². The Labute approximate surface area is 139 Å². The quantitative estimate of drug-likeness (QED) is 0.881. The van der Waals surface area contributed by atoms with Gasteiger partial charge >= 0.3 is 5.69 Å². The number of aromatic nitrogens is 4. The highest BCUT2D eigenvalue weighted by atomic mass is 16.5. The number of hydrogen-bond acceptors (Lipinski definition) is 5. The summed E-state index contributed by atoms with van der Waals surface area (Å²) in [4.78, 5) is 28.7. The van der Waals surface area contributed by atoms with Crippen LogP contribution < -0.4 is 15.7 Å². The zero-order valence-corrected chi connectivity index (χ0v) is 14.1. The predicted molar refractivity (Wildman–Crippen MR) is 87.2 cm³/mol. The number of aryl methyl sites for hydroxylation is 3. The second kappa shape index (κ2) is 6.46. The maximum atomic E-state index is 12.6. The Bertz CT molecular complexity index is 824. The zero-order valence-electron chi connectivity index (χ0n) is 14.1. The van der Waals surface area contributed by atoms with E-state index in [1.807, 2.05) is 6.92 Å². The molecule has 3 heterocycles. The first-order valence-corrected chi connectivity index (χ1v) is 7.94. The van der Waals surface area contributed by atoms with Gasteiger partial charge in [0.05, 0.1) is 18.9 Å². The second-order valence-corrected chi connectivity index (χ2v) is 6.00. The Kier molecular flexibility index (Phi) is 4.37. The Morgan fingerprint density at radius 2 is 2.21 bits per heavy atom. The summed E-state index contributed by atoms with van der Waals surface area (Å²) in [6, 6.07) is 1.70. The smallest absolute Gasteiger partial charge is 0.345 e. The molecule has 2 aromatic heterocycles. The van der Waals surface area contributed by atoms with Crippen molar-refractivity contribution in [3.8, 4) is 5.75 Å². The van der Waals surface area contributed by atoms with E-state index in [9.17, 15) is 9.59 Å². The molecule has 1 aliphatic heterocycles. The zero-order chi connectivity index (χ0) is 17.3. The van der Waals surface area contributed by atoms with Crippen molar-refractivity contribution in [3.63, 3.8) is 0 Å². The van der Waals surface area contributed by atoms with Crippen molar-refractivity contribution in [3.05, 3.63) is 39.8 Å². The third-order valence-corrected chi connectivity index (χ3v) is 4.31. The van der Waals surface area contributed by atoms with Crippen LogP contribution in [-0.4, -0.2) is 38.4 Å². The first-order valence-electron chi connectivity index (χ1n) is 7.94. The van der Waals surface area contributed by atoms with Gasteiger partial charge in [-0.2, -0.15) is 5.10 Å². The first kappa shape index (κ1) is 16.2. The Hall–Kier alpha value is -2.64. The van der Waals surface area contributed by atoms with E-state index >= 15 is 0 Å². The molecule has 128 valence electrons. The molecule has 1 amide bonds. The van der Waals surface area contributed by atoms with Crippen molar-refractivity contribution in [1.82, 2.24) is 24.6 Å². The molecule has 0 fully saturated rings. The summed E-state index contributed by atoms with van der Waals surface area (Å²) < 4.78 is 8.26. The second-order valence-electron chi connectivity index (χ2n) is 6.00. The van der Waals surface area contributed by atoms with Crippen molar-refractivity contribution in [2.24, 2.45) is 7.05 Å². The molecule has 24 heavy (non-hydrogen) atoms. The summed E-state index contributed by atoms with van der Waals surface area (Å²) >= 11 is 0. The van der Waals surface area contributed by atoms with Crippen LogP contribution in [0.4, 0.5) is 0 Å². The van der Waals surface area contributed by atoms with E-state index in [1.54, 1.807) is 23.9 Å². The van der Waals surface area contributed by atoms with Crippen LogP contribution in [0.2, 0.25) is 0 Å². The lowest BCUT2D eigenvalue weighted by Gasteiger charge is -2.17. The average molecular weight is 331 g/mol. The van der Waals surface area contributed by atoms with E-state index in [0.29, 0.717) is 30.7 Å².